The van der Waals surface area contributed by atoms with E-state index in [-0.39, 0.29) is 18.6 Å². The zero-order valence-corrected chi connectivity index (χ0v) is 8.80. The lowest BCUT2D eigenvalue weighted by molar-refractivity contribution is 0.161. The van der Waals surface area contributed by atoms with Gasteiger partial charge in [-0.2, -0.15) is 0 Å². The molecule has 1 fully saturated rings. The third kappa shape index (κ3) is 3.99. The minimum atomic E-state index is 0.0527. The van der Waals surface area contributed by atoms with E-state index in [1.54, 1.807) is 12.3 Å². The lowest BCUT2D eigenvalue weighted by Crippen LogP contribution is -2.19. The zero-order chi connectivity index (χ0) is 11.1. The first kappa shape index (κ1) is 12.2. The Morgan fingerprint density at radius 3 is 3.00 bits per heavy atom. The predicted molar refractivity (Wildman–Crippen MR) is 59.6 cm³/mol. The summed E-state index contributed by atoms with van der Waals surface area (Å²) in [6.07, 6.45) is 4.10. The van der Waals surface area contributed by atoms with Crippen molar-refractivity contribution in [1.29, 1.82) is 0 Å². The van der Waals surface area contributed by atoms with Gasteiger partial charge in [0.05, 0.1) is 25.9 Å². The van der Waals surface area contributed by atoms with E-state index in [2.05, 4.69) is 4.99 Å². The molecular weight excluding hydrogens is 194 g/mol. The van der Waals surface area contributed by atoms with Crippen LogP contribution in [0.5, 0.6) is 0 Å². The number of nitrogens with two attached hydrogens (primary N) is 2. The van der Waals surface area contributed by atoms with E-state index in [1.165, 1.54) is 0 Å². The smallest absolute Gasteiger partial charge is 0.0805 e. The van der Waals surface area contributed by atoms with Crippen LogP contribution in [0.3, 0.4) is 0 Å². The summed E-state index contributed by atoms with van der Waals surface area (Å²) in [6.45, 7) is 1.82. The lowest BCUT2D eigenvalue weighted by Gasteiger charge is -2.08. The molecule has 0 bridgehead atoms. The predicted octanol–water partition coefficient (Wildman–Crippen LogP) is -0.744. The normalized spacial score (nSPS) is 27.7. The molecule has 5 N–H and O–H groups in total. The molecule has 86 valence electrons. The van der Waals surface area contributed by atoms with Gasteiger partial charge in [0.2, 0.25) is 0 Å². The van der Waals surface area contributed by atoms with Gasteiger partial charge in [-0.1, -0.05) is 0 Å². The fourth-order valence-corrected chi connectivity index (χ4v) is 1.43. The lowest BCUT2D eigenvalue weighted by atomic mass is 10.1. The third-order valence-electron chi connectivity index (χ3n) is 2.40. The fourth-order valence-electron chi connectivity index (χ4n) is 1.43. The van der Waals surface area contributed by atoms with Gasteiger partial charge in [0.15, 0.2) is 0 Å². The molecule has 0 radical (unpaired) electrons. The minimum Gasteiger partial charge on any atom is -0.402 e. The Morgan fingerprint density at radius 2 is 2.33 bits per heavy atom. The van der Waals surface area contributed by atoms with Gasteiger partial charge < -0.3 is 21.3 Å². The summed E-state index contributed by atoms with van der Waals surface area (Å²) in [6, 6.07) is 0.0527. The van der Waals surface area contributed by atoms with E-state index in [0.717, 1.165) is 5.70 Å². The maximum atomic E-state index is 9.02. The van der Waals surface area contributed by atoms with Gasteiger partial charge in [0.1, 0.15) is 0 Å². The number of rotatable bonds is 5. The molecular formula is C10H19N3O2. The van der Waals surface area contributed by atoms with Crippen molar-refractivity contribution in [3.63, 3.8) is 0 Å². The highest BCUT2D eigenvalue weighted by Gasteiger charge is 2.26. The summed E-state index contributed by atoms with van der Waals surface area (Å²) in [5, 5.41) is 9.02. The number of aliphatic hydroxyl groups is 1. The molecule has 5 heteroatoms. The van der Waals surface area contributed by atoms with E-state index in [9.17, 15) is 0 Å². The molecule has 0 aromatic heterocycles. The van der Waals surface area contributed by atoms with Crippen LogP contribution in [0.25, 0.3) is 0 Å². The summed E-state index contributed by atoms with van der Waals surface area (Å²) >= 11 is 0. The first-order valence-corrected chi connectivity index (χ1v) is 5.14. The molecule has 2 unspecified atom stereocenters. The van der Waals surface area contributed by atoms with Crippen LogP contribution < -0.4 is 11.5 Å². The molecule has 0 saturated carbocycles. The topological polar surface area (TPSA) is 93.9 Å². The Hall–Kier alpha value is -0.910. The number of allylic oxidation sites excluding steroid dienone is 1. The van der Waals surface area contributed by atoms with Gasteiger partial charge in [0.25, 0.3) is 0 Å². The standard InChI is InChI=1S/C10H19N3O2/c11-3-1-9(12)2-4-13-10-7-15-6-8(10)5-14/h2,4,8,10,14H,1,3,5-7,11-12H2/b9-2-,13-4?. The van der Waals surface area contributed by atoms with Gasteiger partial charge in [-0.15, -0.1) is 0 Å². The second kappa shape index (κ2) is 6.55. The number of ether oxygens (including phenoxy) is 1. The average Bonchev–Trinajstić information content (AvgIpc) is 2.66. The number of nitrogens with zero attached hydrogens (tertiary/aromatic N) is 1. The highest BCUT2D eigenvalue weighted by Crippen LogP contribution is 2.15. The van der Waals surface area contributed by atoms with E-state index < -0.39 is 0 Å². The first-order valence-electron chi connectivity index (χ1n) is 5.14. The molecule has 1 heterocycles. The third-order valence-corrected chi connectivity index (χ3v) is 2.40. The average molecular weight is 213 g/mol. The zero-order valence-electron chi connectivity index (χ0n) is 8.80. The van der Waals surface area contributed by atoms with Crippen molar-refractivity contribution in [3.05, 3.63) is 11.8 Å². The number of aliphatic imine (C=N–C) groups is 1. The van der Waals surface area contributed by atoms with Crippen molar-refractivity contribution in [2.45, 2.75) is 12.5 Å². The van der Waals surface area contributed by atoms with Crippen LogP contribution in [-0.4, -0.2) is 43.7 Å². The van der Waals surface area contributed by atoms with Crippen LogP contribution in [0, 0.1) is 5.92 Å². The van der Waals surface area contributed by atoms with Crippen molar-refractivity contribution in [2.75, 3.05) is 26.4 Å². The largest absolute Gasteiger partial charge is 0.402 e. The van der Waals surface area contributed by atoms with Crippen LogP contribution >= 0.6 is 0 Å². The molecule has 1 rings (SSSR count). The molecule has 0 amide bonds. The molecule has 0 aromatic carbocycles. The quantitative estimate of drug-likeness (QED) is 0.524. The molecule has 0 spiro atoms. The molecule has 1 aliphatic rings. The van der Waals surface area contributed by atoms with Gasteiger partial charge in [-0.25, -0.2) is 0 Å². The molecule has 2 atom stereocenters. The van der Waals surface area contributed by atoms with Gasteiger partial charge in [0, 0.05) is 17.8 Å². The Bertz CT molecular complexity index is 241. The van der Waals surface area contributed by atoms with Crippen molar-refractivity contribution in [2.24, 2.45) is 22.4 Å². The molecule has 0 aromatic rings. The Labute approximate surface area is 89.8 Å². The van der Waals surface area contributed by atoms with Crippen molar-refractivity contribution in [3.8, 4) is 0 Å². The van der Waals surface area contributed by atoms with E-state index in [4.69, 9.17) is 21.3 Å². The van der Waals surface area contributed by atoms with Crippen LogP contribution in [0.2, 0.25) is 0 Å². The Balaban J connectivity index is 2.39. The SMILES string of the molecule is NCC/C(N)=C/C=NC1COCC1CO. The highest BCUT2D eigenvalue weighted by molar-refractivity contribution is 5.72. The summed E-state index contributed by atoms with van der Waals surface area (Å²) in [5.41, 5.74) is 11.7. The van der Waals surface area contributed by atoms with Crippen molar-refractivity contribution < 1.29 is 9.84 Å². The Morgan fingerprint density at radius 1 is 1.53 bits per heavy atom. The number of hydrogen-bond donors (Lipinski definition) is 3. The summed E-state index contributed by atoms with van der Waals surface area (Å²) < 4.78 is 5.22. The molecule has 0 aliphatic carbocycles. The van der Waals surface area contributed by atoms with Crippen molar-refractivity contribution in [1.82, 2.24) is 0 Å². The first-order chi connectivity index (χ1) is 7.27. The van der Waals surface area contributed by atoms with E-state index in [0.29, 0.717) is 26.2 Å². The van der Waals surface area contributed by atoms with Gasteiger partial charge >= 0.3 is 0 Å². The summed E-state index contributed by atoms with van der Waals surface area (Å²) in [4.78, 5) is 4.29. The maximum Gasteiger partial charge on any atom is 0.0805 e. The second-order valence-electron chi connectivity index (χ2n) is 3.63. The molecule has 1 aliphatic heterocycles. The highest BCUT2D eigenvalue weighted by atomic mass is 16.5. The van der Waals surface area contributed by atoms with Crippen LogP contribution in [0.4, 0.5) is 0 Å². The molecule has 5 nitrogen and oxygen atoms in total. The van der Waals surface area contributed by atoms with Gasteiger partial charge in [-0.05, 0) is 19.0 Å². The van der Waals surface area contributed by atoms with Gasteiger partial charge in [-0.3, -0.25) is 4.99 Å². The van der Waals surface area contributed by atoms with Crippen LogP contribution in [0.15, 0.2) is 16.8 Å². The van der Waals surface area contributed by atoms with E-state index >= 15 is 0 Å². The molecule has 1 saturated heterocycles. The monoisotopic (exact) mass is 213 g/mol. The second-order valence-corrected chi connectivity index (χ2v) is 3.63. The van der Waals surface area contributed by atoms with Crippen molar-refractivity contribution >= 4 is 6.21 Å². The summed E-state index contributed by atoms with van der Waals surface area (Å²) in [7, 11) is 0. The molecule has 15 heavy (non-hydrogen) atoms. The summed E-state index contributed by atoms with van der Waals surface area (Å²) in [5.74, 6) is 0.116. The van der Waals surface area contributed by atoms with E-state index in [1.807, 2.05) is 0 Å². The number of aliphatic hydroxyl groups excluding tert-OH is 1. The van der Waals surface area contributed by atoms with Crippen LogP contribution in [0.1, 0.15) is 6.42 Å². The fraction of sp³-hybridized carbons (Fsp3) is 0.700. The number of hydrogen-bond acceptors (Lipinski definition) is 5. The van der Waals surface area contributed by atoms with Crippen LogP contribution in [-0.2, 0) is 4.74 Å². The maximum absolute atomic E-state index is 9.02. The Kier molecular flexibility index (Phi) is 5.31. The minimum absolute atomic E-state index is 0.0527.